The maximum absolute atomic E-state index is 12.7. The zero-order valence-corrected chi connectivity index (χ0v) is 15.9. The zero-order chi connectivity index (χ0) is 20.4. The van der Waals surface area contributed by atoms with Gasteiger partial charge < -0.3 is 24.9 Å². The van der Waals surface area contributed by atoms with E-state index in [9.17, 15) is 14.8 Å². The van der Waals surface area contributed by atoms with Crippen molar-refractivity contribution >= 4 is 23.3 Å². The Hall–Kier alpha value is -3.55. The van der Waals surface area contributed by atoms with E-state index in [0.717, 1.165) is 16.8 Å². The van der Waals surface area contributed by atoms with E-state index in [-0.39, 0.29) is 18.7 Å². The third kappa shape index (κ3) is 3.49. The number of amides is 1. The van der Waals surface area contributed by atoms with Gasteiger partial charge >= 0.3 is 5.97 Å². The molecule has 2 aromatic rings. The maximum atomic E-state index is 12.7. The molecule has 2 aliphatic rings. The molecule has 0 saturated carbocycles. The number of ether oxygens (including phenoxy) is 2. The Bertz CT molecular complexity index is 971. The summed E-state index contributed by atoms with van der Waals surface area (Å²) < 4.78 is 10.3. The van der Waals surface area contributed by atoms with Crippen LogP contribution in [-0.4, -0.2) is 42.6 Å². The number of carbonyl (C=O) groups excluding carboxylic acids is 2. The molecule has 29 heavy (non-hydrogen) atoms. The summed E-state index contributed by atoms with van der Waals surface area (Å²) >= 11 is 0. The Morgan fingerprint density at radius 3 is 2.72 bits per heavy atom. The van der Waals surface area contributed by atoms with Crippen LogP contribution >= 0.6 is 0 Å². The van der Waals surface area contributed by atoms with E-state index in [1.165, 1.54) is 0 Å². The topological polar surface area (TPSA) is 100 Å². The smallest absolute Gasteiger partial charge is 0.344 e. The quantitative estimate of drug-likeness (QED) is 0.458. The second kappa shape index (κ2) is 7.83. The minimum Gasteiger partial charge on any atom is -0.482 e. The van der Waals surface area contributed by atoms with E-state index < -0.39 is 5.97 Å². The number of rotatable bonds is 5. The number of oxime groups is 1. The van der Waals surface area contributed by atoms with Crippen LogP contribution < -0.4 is 15.0 Å². The van der Waals surface area contributed by atoms with Gasteiger partial charge in [-0.3, -0.25) is 4.79 Å². The number of hydrogen-bond donors (Lipinski definition) is 2. The zero-order valence-electron chi connectivity index (χ0n) is 15.9. The molecule has 1 amide bonds. The summed E-state index contributed by atoms with van der Waals surface area (Å²) in [6.07, 6.45) is 0.218. The molecule has 0 radical (unpaired) electrons. The molecule has 0 fully saturated rings. The van der Waals surface area contributed by atoms with Crippen molar-refractivity contribution in [2.45, 2.75) is 19.5 Å². The second-order valence-corrected chi connectivity index (χ2v) is 6.73. The highest BCUT2D eigenvalue weighted by Crippen LogP contribution is 2.39. The monoisotopic (exact) mass is 395 g/mol. The van der Waals surface area contributed by atoms with Crippen LogP contribution in [-0.2, 0) is 9.53 Å². The highest BCUT2D eigenvalue weighted by molar-refractivity contribution is 6.13. The fraction of sp³-hybridized carbons (Fsp3) is 0.286. The Morgan fingerprint density at radius 2 is 2.00 bits per heavy atom. The molecule has 0 bridgehead atoms. The summed E-state index contributed by atoms with van der Waals surface area (Å²) in [6, 6.07) is 12.6. The molecule has 1 atom stereocenters. The lowest BCUT2D eigenvalue weighted by Gasteiger charge is -2.42. The largest absolute Gasteiger partial charge is 0.482 e. The van der Waals surface area contributed by atoms with Crippen molar-refractivity contribution in [3.63, 3.8) is 0 Å². The number of nitrogens with one attached hydrogen (secondary N) is 1. The number of para-hydroxylation sites is 1. The molecule has 8 nitrogen and oxygen atoms in total. The molecule has 2 aliphatic heterocycles. The van der Waals surface area contributed by atoms with Gasteiger partial charge in [-0.2, -0.15) is 0 Å². The van der Waals surface area contributed by atoms with Crippen molar-refractivity contribution in [1.82, 2.24) is 5.32 Å². The fourth-order valence-electron chi connectivity index (χ4n) is 3.74. The number of anilines is 1. The highest BCUT2D eigenvalue weighted by Gasteiger charge is 2.37. The Kier molecular flexibility index (Phi) is 5.07. The predicted octanol–water partition coefficient (Wildman–Crippen LogP) is 2.46. The van der Waals surface area contributed by atoms with Crippen molar-refractivity contribution < 1.29 is 24.3 Å². The van der Waals surface area contributed by atoms with E-state index in [4.69, 9.17) is 9.47 Å². The minimum absolute atomic E-state index is 0.153. The molecular formula is C21H21N3O5. The average Bonchev–Trinajstić information content (AvgIpc) is 2.75. The van der Waals surface area contributed by atoms with Gasteiger partial charge in [0.05, 0.1) is 23.6 Å². The third-order valence-corrected chi connectivity index (χ3v) is 5.03. The van der Waals surface area contributed by atoms with Crippen molar-refractivity contribution in [2.24, 2.45) is 5.16 Å². The van der Waals surface area contributed by atoms with Gasteiger partial charge in [0.15, 0.2) is 6.61 Å². The molecule has 0 saturated heterocycles. The first-order chi connectivity index (χ1) is 14.1. The van der Waals surface area contributed by atoms with E-state index in [2.05, 4.69) is 15.4 Å². The van der Waals surface area contributed by atoms with Gasteiger partial charge in [-0.15, -0.1) is 0 Å². The van der Waals surface area contributed by atoms with Gasteiger partial charge in [-0.25, -0.2) is 4.79 Å². The number of hydrogen-bond acceptors (Lipinski definition) is 7. The van der Waals surface area contributed by atoms with Crippen LogP contribution in [0.4, 0.5) is 5.69 Å². The van der Waals surface area contributed by atoms with Crippen molar-refractivity contribution in [3.8, 4) is 5.75 Å². The van der Waals surface area contributed by atoms with Crippen LogP contribution in [0.2, 0.25) is 0 Å². The first-order valence-electron chi connectivity index (χ1n) is 9.42. The van der Waals surface area contributed by atoms with Gasteiger partial charge in [-0.05, 0) is 30.7 Å². The van der Waals surface area contributed by atoms with Crippen LogP contribution in [0, 0.1) is 0 Å². The molecule has 2 heterocycles. The first-order valence-corrected chi connectivity index (χ1v) is 9.42. The molecule has 2 N–H and O–H groups in total. The molecule has 2 aromatic carbocycles. The molecule has 0 spiro atoms. The van der Waals surface area contributed by atoms with Crippen LogP contribution in [0.15, 0.2) is 47.6 Å². The van der Waals surface area contributed by atoms with E-state index in [1.54, 1.807) is 31.2 Å². The van der Waals surface area contributed by atoms with Crippen LogP contribution in [0.5, 0.6) is 5.75 Å². The van der Waals surface area contributed by atoms with Gasteiger partial charge in [0.2, 0.25) is 0 Å². The molecule has 4 rings (SSSR count). The molecular weight excluding hydrogens is 374 g/mol. The van der Waals surface area contributed by atoms with Crippen LogP contribution in [0.3, 0.4) is 0 Å². The molecule has 150 valence electrons. The van der Waals surface area contributed by atoms with Crippen molar-refractivity contribution in [2.75, 3.05) is 24.7 Å². The minimum atomic E-state index is -0.421. The lowest BCUT2D eigenvalue weighted by molar-refractivity contribution is -0.145. The summed E-state index contributed by atoms with van der Waals surface area (Å²) in [4.78, 5) is 26.2. The van der Waals surface area contributed by atoms with Gasteiger partial charge in [-0.1, -0.05) is 29.4 Å². The van der Waals surface area contributed by atoms with Crippen LogP contribution in [0.25, 0.3) is 0 Å². The SMILES string of the molecule is CCOC(=O)COc1ccc(C2NC(=O)c3cccc4c3N2CCC4=NO)cc1. The Morgan fingerprint density at radius 1 is 1.24 bits per heavy atom. The summed E-state index contributed by atoms with van der Waals surface area (Å²) in [7, 11) is 0. The second-order valence-electron chi connectivity index (χ2n) is 6.73. The summed E-state index contributed by atoms with van der Waals surface area (Å²) in [5.74, 6) is -0.0572. The average molecular weight is 395 g/mol. The lowest BCUT2D eigenvalue weighted by Crippen LogP contribution is -2.49. The number of carbonyl (C=O) groups is 2. The summed E-state index contributed by atoms with van der Waals surface area (Å²) in [6.45, 7) is 2.50. The normalized spacial score (nSPS) is 18.8. The summed E-state index contributed by atoms with van der Waals surface area (Å²) in [5.41, 5.74) is 3.57. The van der Waals surface area contributed by atoms with Crippen LogP contribution in [0.1, 0.15) is 41.0 Å². The highest BCUT2D eigenvalue weighted by atomic mass is 16.6. The Labute approximate surface area is 167 Å². The van der Waals surface area contributed by atoms with Crippen molar-refractivity contribution in [1.29, 1.82) is 0 Å². The van der Waals surface area contributed by atoms with Gasteiger partial charge in [0.1, 0.15) is 11.9 Å². The Balaban J connectivity index is 1.59. The van der Waals surface area contributed by atoms with Gasteiger partial charge in [0.25, 0.3) is 5.91 Å². The fourth-order valence-corrected chi connectivity index (χ4v) is 3.74. The summed E-state index contributed by atoms with van der Waals surface area (Å²) in [5, 5.41) is 15.8. The third-order valence-electron chi connectivity index (χ3n) is 5.03. The first kappa shape index (κ1) is 18.8. The lowest BCUT2D eigenvalue weighted by atomic mass is 9.92. The molecule has 0 aromatic heterocycles. The molecule has 0 aliphatic carbocycles. The van der Waals surface area contributed by atoms with Crippen molar-refractivity contribution in [3.05, 3.63) is 59.2 Å². The predicted molar refractivity (Wildman–Crippen MR) is 106 cm³/mol. The van der Waals surface area contributed by atoms with E-state index in [1.807, 2.05) is 18.2 Å². The molecule has 8 heteroatoms. The van der Waals surface area contributed by atoms with E-state index in [0.29, 0.717) is 36.6 Å². The number of nitrogens with zero attached hydrogens (tertiary/aromatic N) is 2. The molecule has 1 unspecified atom stereocenters. The standard InChI is InChI=1S/C21H21N3O5/c1-2-28-18(25)12-29-14-8-6-13(7-9-14)20-22-21(26)16-5-3-4-15-17(23-27)10-11-24(20)19(15)16/h3-9,20,27H,2,10-12H2,1H3,(H,22,26). The maximum Gasteiger partial charge on any atom is 0.344 e. The number of benzene rings is 2. The van der Waals surface area contributed by atoms with Gasteiger partial charge in [0, 0.05) is 18.5 Å². The number of esters is 1. The van der Waals surface area contributed by atoms with E-state index >= 15 is 0 Å².